The van der Waals surface area contributed by atoms with E-state index in [4.69, 9.17) is 0 Å². The van der Waals surface area contributed by atoms with Crippen LogP contribution in [-0.4, -0.2) is 24.1 Å². The molecule has 0 amide bonds. The van der Waals surface area contributed by atoms with Crippen LogP contribution in [-0.2, 0) is 18.5 Å². The molecule has 4 rings (SSSR count). The molecule has 28 heavy (non-hydrogen) atoms. The Balaban J connectivity index is 1.72. The number of halogens is 3. The Morgan fingerprint density at radius 1 is 1.11 bits per heavy atom. The second kappa shape index (κ2) is 6.93. The van der Waals surface area contributed by atoms with E-state index in [0.717, 1.165) is 12.3 Å². The van der Waals surface area contributed by atoms with Crippen LogP contribution in [0.2, 0.25) is 0 Å². The number of rotatable bonds is 4. The van der Waals surface area contributed by atoms with Crippen molar-refractivity contribution < 1.29 is 13.2 Å². The number of alkyl halides is 3. The summed E-state index contributed by atoms with van der Waals surface area (Å²) in [6.07, 6.45) is -3.60. The number of hydrogen-bond donors (Lipinski definition) is 0. The second-order valence-electron chi connectivity index (χ2n) is 5.99. The molecule has 4 aromatic rings. The minimum absolute atomic E-state index is 0.137. The van der Waals surface area contributed by atoms with Crippen LogP contribution in [0, 0.1) is 0 Å². The monoisotopic (exact) mass is 405 g/mol. The zero-order valence-electron chi connectivity index (χ0n) is 14.6. The van der Waals surface area contributed by atoms with Crippen LogP contribution in [0.4, 0.5) is 13.2 Å². The lowest BCUT2D eigenvalue weighted by Crippen LogP contribution is -2.22. The van der Waals surface area contributed by atoms with Gasteiger partial charge in [0.05, 0.1) is 27.2 Å². The van der Waals surface area contributed by atoms with E-state index in [1.165, 1.54) is 17.8 Å². The molecule has 3 aromatic heterocycles. The molecule has 0 unspecified atom stereocenters. The molecule has 0 N–H and O–H groups in total. The zero-order valence-corrected chi connectivity index (χ0v) is 15.5. The molecule has 0 spiro atoms. The number of nitrogens with zero attached hydrogens (tertiary/aromatic N) is 5. The molecule has 1 aromatic carbocycles. The number of aryl methyl sites for hydroxylation is 1. The molecule has 0 bridgehead atoms. The predicted molar refractivity (Wildman–Crippen MR) is 99.2 cm³/mol. The van der Waals surface area contributed by atoms with Crippen molar-refractivity contribution in [2.45, 2.75) is 30.4 Å². The van der Waals surface area contributed by atoms with E-state index in [9.17, 15) is 18.0 Å². The van der Waals surface area contributed by atoms with Gasteiger partial charge in [0.1, 0.15) is 5.82 Å². The van der Waals surface area contributed by atoms with Crippen molar-refractivity contribution in [3.05, 3.63) is 64.3 Å². The highest BCUT2D eigenvalue weighted by Crippen LogP contribution is 2.30. The standard InChI is InChI=1S/C18H14F3N5OS/c1-2-25-16(27)12-5-3-4-6-13(12)26-14(23-24-17(25)26)10-28-15-8-7-11(9-22-15)18(19,20)21/h3-9H,2,10H2,1H3. The zero-order chi connectivity index (χ0) is 19.9. The number of benzene rings is 1. The average Bonchev–Trinajstić information content (AvgIpc) is 3.10. The highest BCUT2D eigenvalue weighted by Gasteiger charge is 2.30. The van der Waals surface area contributed by atoms with Gasteiger partial charge < -0.3 is 0 Å². The maximum absolute atomic E-state index is 12.7. The Kier molecular flexibility index (Phi) is 4.58. The van der Waals surface area contributed by atoms with E-state index in [1.807, 2.05) is 19.1 Å². The van der Waals surface area contributed by atoms with Crippen LogP contribution < -0.4 is 5.56 Å². The van der Waals surface area contributed by atoms with Crippen molar-refractivity contribution in [2.24, 2.45) is 0 Å². The van der Waals surface area contributed by atoms with E-state index < -0.39 is 11.7 Å². The van der Waals surface area contributed by atoms with Crippen LogP contribution in [0.15, 0.2) is 52.4 Å². The predicted octanol–water partition coefficient (Wildman–Crippen LogP) is 3.77. The quantitative estimate of drug-likeness (QED) is 0.484. The van der Waals surface area contributed by atoms with E-state index in [-0.39, 0.29) is 5.56 Å². The Morgan fingerprint density at radius 2 is 1.89 bits per heavy atom. The summed E-state index contributed by atoms with van der Waals surface area (Å²) in [6.45, 7) is 2.30. The third-order valence-corrected chi connectivity index (χ3v) is 5.24. The normalized spacial score (nSPS) is 12.1. The van der Waals surface area contributed by atoms with Gasteiger partial charge in [0.15, 0.2) is 0 Å². The van der Waals surface area contributed by atoms with Crippen molar-refractivity contribution in [1.82, 2.24) is 24.1 Å². The summed E-state index contributed by atoms with van der Waals surface area (Å²) in [4.78, 5) is 16.5. The minimum atomic E-state index is -4.41. The van der Waals surface area contributed by atoms with E-state index in [0.29, 0.717) is 39.8 Å². The van der Waals surface area contributed by atoms with Gasteiger partial charge in [-0.15, -0.1) is 10.2 Å². The van der Waals surface area contributed by atoms with Gasteiger partial charge in [0, 0.05) is 12.7 Å². The van der Waals surface area contributed by atoms with Crippen molar-refractivity contribution >= 4 is 28.4 Å². The van der Waals surface area contributed by atoms with E-state index in [1.54, 1.807) is 21.1 Å². The van der Waals surface area contributed by atoms with Crippen LogP contribution in [0.25, 0.3) is 16.7 Å². The molecule has 3 heterocycles. The van der Waals surface area contributed by atoms with Gasteiger partial charge in [0.2, 0.25) is 5.78 Å². The van der Waals surface area contributed by atoms with Gasteiger partial charge >= 0.3 is 6.18 Å². The van der Waals surface area contributed by atoms with Gasteiger partial charge in [-0.05, 0) is 31.2 Å². The highest BCUT2D eigenvalue weighted by atomic mass is 32.2. The molecule has 0 aliphatic rings. The topological polar surface area (TPSA) is 65.1 Å². The first kappa shape index (κ1) is 18.5. The van der Waals surface area contributed by atoms with Crippen LogP contribution in [0.3, 0.4) is 0 Å². The molecule has 6 nitrogen and oxygen atoms in total. The van der Waals surface area contributed by atoms with Crippen molar-refractivity contribution in [3.63, 3.8) is 0 Å². The Hall–Kier alpha value is -2.88. The van der Waals surface area contributed by atoms with E-state index in [2.05, 4.69) is 15.2 Å². The first-order valence-corrected chi connectivity index (χ1v) is 9.40. The number of thioether (sulfide) groups is 1. The van der Waals surface area contributed by atoms with Gasteiger partial charge in [-0.25, -0.2) is 4.98 Å². The summed E-state index contributed by atoms with van der Waals surface area (Å²) >= 11 is 1.25. The summed E-state index contributed by atoms with van der Waals surface area (Å²) in [6, 6.07) is 9.51. The molecule has 0 aliphatic heterocycles. The van der Waals surface area contributed by atoms with Crippen molar-refractivity contribution in [1.29, 1.82) is 0 Å². The lowest BCUT2D eigenvalue weighted by Gasteiger charge is -2.09. The number of pyridine rings is 1. The van der Waals surface area contributed by atoms with Gasteiger partial charge in [-0.2, -0.15) is 13.2 Å². The molecular formula is C18H14F3N5OS. The van der Waals surface area contributed by atoms with Crippen LogP contribution >= 0.6 is 11.8 Å². The molecule has 0 fully saturated rings. The lowest BCUT2D eigenvalue weighted by molar-refractivity contribution is -0.137. The lowest BCUT2D eigenvalue weighted by atomic mass is 10.2. The number of fused-ring (bicyclic) bond motifs is 3. The van der Waals surface area contributed by atoms with Crippen LogP contribution in [0.1, 0.15) is 18.3 Å². The fourth-order valence-corrected chi connectivity index (χ4v) is 3.72. The highest BCUT2D eigenvalue weighted by molar-refractivity contribution is 7.98. The third kappa shape index (κ3) is 3.13. The van der Waals surface area contributed by atoms with Crippen LogP contribution in [0.5, 0.6) is 0 Å². The fraction of sp³-hybridized carbons (Fsp3) is 0.222. The molecule has 144 valence electrons. The SMILES string of the molecule is CCn1c(=O)c2ccccc2n2c(CSc3ccc(C(F)(F)F)cn3)nnc12. The van der Waals surface area contributed by atoms with Crippen molar-refractivity contribution in [3.8, 4) is 0 Å². The maximum Gasteiger partial charge on any atom is 0.417 e. The summed E-state index contributed by atoms with van der Waals surface area (Å²) < 4.78 is 41.3. The molecule has 0 aliphatic carbocycles. The molecule has 10 heteroatoms. The smallest absolute Gasteiger partial charge is 0.277 e. The summed E-state index contributed by atoms with van der Waals surface area (Å²) in [7, 11) is 0. The minimum Gasteiger partial charge on any atom is -0.277 e. The Morgan fingerprint density at radius 3 is 2.57 bits per heavy atom. The maximum atomic E-state index is 12.7. The van der Waals surface area contributed by atoms with Gasteiger partial charge in [-0.1, -0.05) is 23.9 Å². The van der Waals surface area contributed by atoms with Crippen molar-refractivity contribution in [2.75, 3.05) is 0 Å². The number of aromatic nitrogens is 5. The third-order valence-electron chi connectivity index (χ3n) is 4.30. The summed E-state index contributed by atoms with van der Waals surface area (Å²) in [5.41, 5.74) is -0.238. The largest absolute Gasteiger partial charge is 0.417 e. The fourth-order valence-electron chi connectivity index (χ4n) is 2.96. The first-order chi connectivity index (χ1) is 13.4. The number of hydrogen-bond acceptors (Lipinski definition) is 5. The second-order valence-corrected chi connectivity index (χ2v) is 6.99. The summed E-state index contributed by atoms with van der Waals surface area (Å²) in [5.74, 6) is 1.35. The molecule has 0 saturated carbocycles. The Bertz CT molecular complexity index is 1210. The van der Waals surface area contributed by atoms with Gasteiger partial charge in [0.25, 0.3) is 5.56 Å². The molecule has 0 atom stereocenters. The van der Waals surface area contributed by atoms with Gasteiger partial charge in [-0.3, -0.25) is 13.8 Å². The first-order valence-electron chi connectivity index (χ1n) is 8.41. The molecule has 0 saturated heterocycles. The Labute approximate surface area is 161 Å². The molecular weight excluding hydrogens is 391 g/mol. The van der Waals surface area contributed by atoms with E-state index >= 15 is 0 Å². The number of para-hydroxylation sites is 1. The average molecular weight is 405 g/mol. The summed E-state index contributed by atoms with van der Waals surface area (Å²) in [5, 5.41) is 9.34. The molecule has 0 radical (unpaired) electrons.